The number of carboxylic acid groups (broad SMARTS) is 1. The van der Waals surface area contributed by atoms with E-state index in [4.69, 9.17) is 5.11 Å². The topological polar surface area (TPSA) is 66.0 Å². The second kappa shape index (κ2) is 4.68. The summed E-state index contributed by atoms with van der Waals surface area (Å²) in [5, 5.41) is 9.11. The molecule has 0 saturated heterocycles. The van der Waals surface area contributed by atoms with Crippen LogP contribution in [0.15, 0.2) is 22.0 Å². The van der Waals surface area contributed by atoms with Crippen LogP contribution in [0.4, 0.5) is 4.39 Å². The number of imidazole rings is 1. The predicted molar refractivity (Wildman–Crippen MR) is 78.8 cm³/mol. The SMILES string of the molecule is Cc1cc(-c2nc3c(C(=O)O)cc(F)cc3[nH]2)sc1Br. The van der Waals surface area contributed by atoms with Gasteiger partial charge in [0.1, 0.15) is 17.2 Å². The molecule has 2 N–H and O–H groups in total. The fraction of sp³-hybridized carbons (Fsp3) is 0.0769. The molecular weight excluding hydrogens is 347 g/mol. The summed E-state index contributed by atoms with van der Waals surface area (Å²) in [5.41, 5.74) is 1.56. The van der Waals surface area contributed by atoms with E-state index in [9.17, 15) is 9.18 Å². The van der Waals surface area contributed by atoms with Crippen LogP contribution in [0.1, 0.15) is 15.9 Å². The molecule has 1 aromatic carbocycles. The third-order valence-corrected chi connectivity index (χ3v) is 5.02. The van der Waals surface area contributed by atoms with Gasteiger partial charge >= 0.3 is 5.97 Å². The van der Waals surface area contributed by atoms with Crippen LogP contribution >= 0.6 is 27.3 Å². The van der Waals surface area contributed by atoms with Crippen LogP contribution in [-0.4, -0.2) is 21.0 Å². The van der Waals surface area contributed by atoms with Gasteiger partial charge in [0.05, 0.1) is 19.7 Å². The summed E-state index contributed by atoms with van der Waals surface area (Å²) >= 11 is 4.91. The molecule has 0 fully saturated rings. The Kier molecular flexibility index (Phi) is 3.10. The van der Waals surface area contributed by atoms with E-state index in [-0.39, 0.29) is 11.1 Å². The number of nitrogens with one attached hydrogen (secondary N) is 1. The first-order valence-electron chi connectivity index (χ1n) is 5.64. The van der Waals surface area contributed by atoms with E-state index in [0.717, 1.165) is 20.3 Å². The minimum atomic E-state index is -1.20. The molecule has 0 aliphatic rings. The standard InChI is InChI=1S/C13H8BrFN2O2S/c1-5-2-9(20-11(5)14)12-16-8-4-6(15)3-7(13(18)19)10(8)17-12/h2-4H,1H3,(H,16,17)(H,18,19). The van der Waals surface area contributed by atoms with Crippen molar-refractivity contribution < 1.29 is 14.3 Å². The normalized spacial score (nSPS) is 11.2. The zero-order valence-electron chi connectivity index (χ0n) is 10.2. The lowest BCUT2D eigenvalue weighted by Crippen LogP contribution is -1.98. The van der Waals surface area contributed by atoms with Crippen molar-refractivity contribution in [1.29, 1.82) is 0 Å². The number of hydrogen-bond acceptors (Lipinski definition) is 3. The van der Waals surface area contributed by atoms with Crippen molar-refractivity contribution in [3.8, 4) is 10.7 Å². The largest absolute Gasteiger partial charge is 0.478 e. The molecule has 0 aliphatic carbocycles. The molecule has 3 rings (SSSR count). The highest BCUT2D eigenvalue weighted by atomic mass is 79.9. The minimum absolute atomic E-state index is 0.144. The molecule has 102 valence electrons. The van der Waals surface area contributed by atoms with Gasteiger partial charge in [-0.25, -0.2) is 14.2 Å². The number of H-pyrrole nitrogens is 1. The van der Waals surface area contributed by atoms with Crippen LogP contribution < -0.4 is 0 Å². The van der Waals surface area contributed by atoms with Crippen LogP contribution in [0, 0.1) is 12.7 Å². The fourth-order valence-electron chi connectivity index (χ4n) is 1.94. The molecule has 0 amide bonds. The Balaban J connectivity index is 2.24. The lowest BCUT2D eigenvalue weighted by molar-refractivity contribution is 0.0698. The van der Waals surface area contributed by atoms with Crippen LogP contribution in [0.5, 0.6) is 0 Å². The number of rotatable bonds is 2. The highest BCUT2D eigenvalue weighted by molar-refractivity contribution is 9.11. The van der Waals surface area contributed by atoms with Gasteiger partial charge in [0, 0.05) is 0 Å². The number of aromatic amines is 1. The molecular formula is C13H8BrFN2O2S. The molecule has 7 heteroatoms. The molecule has 0 saturated carbocycles. The van der Waals surface area contributed by atoms with E-state index < -0.39 is 11.8 Å². The van der Waals surface area contributed by atoms with Gasteiger partial charge in [-0.15, -0.1) is 11.3 Å². The summed E-state index contributed by atoms with van der Waals surface area (Å²) in [6.45, 7) is 1.95. The number of aryl methyl sites for hydroxylation is 1. The fourth-order valence-corrected chi connectivity index (χ4v) is 3.42. The van der Waals surface area contributed by atoms with Crippen LogP contribution in [0.3, 0.4) is 0 Å². The van der Waals surface area contributed by atoms with Crippen molar-refractivity contribution in [2.24, 2.45) is 0 Å². The maximum Gasteiger partial charge on any atom is 0.338 e. The van der Waals surface area contributed by atoms with Crippen LogP contribution in [0.2, 0.25) is 0 Å². The third kappa shape index (κ3) is 2.12. The number of halogens is 2. The number of benzene rings is 1. The van der Waals surface area contributed by atoms with Gasteiger partial charge in [-0.2, -0.15) is 0 Å². The Hall–Kier alpha value is -1.73. The lowest BCUT2D eigenvalue weighted by Gasteiger charge is -1.95. The van der Waals surface area contributed by atoms with Gasteiger partial charge < -0.3 is 10.1 Å². The number of fused-ring (bicyclic) bond motifs is 1. The molecule has 0 atom stereocenters. The summed E-state index contributed by atoms with van der Waals surface area (Å²) in [7, 11) is 0. The van der Waals surface area contributed by atoms with Gasteiger partial charge in [0.15, 0.2) is 0 Å². The summed E-state index contributed by atoms with van der Waals surface area (Å²) in [4.78, 5) is 19.3. The molecule has 0 spiro atoms. The lowest BCUT2D eigenvalue weighted by atomic mass is 10.2. The van der Waals surface area contributed by atoms with E-state index in [1.807, 2.05) is 13.0 Å². The number of aromatic carboxylic acids is 1. The molecule has 0 bridgehead atoms. The second-order valence-electron chi connectivity index (χ2n) is 4.31. The predicted octanol–water partition coefficient (Wildman–Crippen LogP) is 4.20. The monoisotopic (exact) mass is 354 g/mol. The molecule has 0 aliphatic heterocycles. The Morgan fingerprint density at radius 3 is 2.80 bits per heavy atom. The first kappa shape index (κ1) is 13.3. The average molecular weight is 355 g/mol. The summed E-state index contributed by atoms with van der Waals surface area (Å²) in [5.74, 6) is -1.27. The van der Waals surface area contributed by atoms with Crippen LogP contribution in [0.25, 0.3) is 21.7 Å². The number of aromatic nitrogens is 2. The summed E-state index contributed by atoms with van der Waals surface area (Å²) in [6.07, 6.45) is 0. The second-order valence-corrected chi connectivity index (χ2v) is 6.68. The van der Waals surface area contributed by atoms with Gasteiger partial charge in [-0.05, 0) is 46.6 Å². The zero-order valence-corrected chi connectivity index (χ0v) is 12.6. The molecule has 0 radical (unpaired) electrons. The van der Waals surface area contributed by atoms with Crippen molar-refractivity contribution >= 4 is 44.3 Å². The summed E-state index contributed by atoms with van der Waals surface area (Å²) in [6, 6.07) is 4.15. The van der Waals surface area contributed by atoms with Gasteiger partial charge in [-0.1, -0.05) is 0 Å². The first-order chi connectivity index (χ1) is 9.45. The quantitative estimate of drug-likeness (QED) is 0.724. The highest BCUT2D eigenvalue weighted by Crippen LogP contribution is 2.34. The first-order valence-corrected chi connectivity index (χ1v) is 7.25. The number of carbonyl (C=O) groups is 1. The number of nitrogens with zero attached hydrogens (tertiary/aromatic N) is 1. The number of thiophene rings is 1. The van der Waals surface area contributed by atoms with Crippen molar-refractivity contribution in [3.63, 3.8) is 0 Å². The van der Waals surface area contributed by atoms with Crippen molar-refractivity contribution in [2.75, 3.05) is 0 Å². The van der Waals surface area contributed by atoms with Gasteiger partial charge in [0.2, 0.25) is 0 Å². The Morgan fingerprint density at radius 1 is 1.45 bits per heavy atom. The van der Waals surface area contributed by atoms with Crippen molar-refractivity contribution in [2.45, 2.75) is 6.92 Å². The van der Waals surface area contributed by atoms with E-state index >= 15 is 0 Å². The Bertz CT molecular complexity index is 821. The van der Waals surface area contributed by atoms with E-state index in [0.29, 0.717) is 11.3 Å². The smallest absolute Gasteiger partial charge is 0.338 e. The van der Waals surface area contributed by atoms with Crippen LogP contribution in [-0.2, 0) is 0 Å². The van der Waals surface area contributed by atoms with Gasteiger partial charge in [0.25, 0.3) is 0 Å². The highest BCUT2D eigenvalue weighted by Gasteiger charge is 2.16. The maximum atomic E-state index is 13.4. The van der Waals surface area contributed by atoms with Crippen molar-refractivity contribution in [1.82, 2.24) is 9.97 Å². The Morgan fingerprint density at radius 2 is 2.20 bits per heavy atom. The Labute approximate surface area is 125 Å². The zero-order chi connectivity index (χ0) is 14.4. The maximum absolute atomic E-state index is 13.4. The van der Waals surface area contributed by atoms with E-state index in [1.165, 1.54) is 17.4 Å². The molecule has 2 aromatic heterocycles. The van der Waals surface area contributed by atoms with E-state index in [1.54, 1.807) is 0 Å². The minimum Gasteiger partial charge on any atom is -0.478 e. The third-order valence-electron chi connectivity index (χ3n) is 2.87. The van der Waals surface area contributed by atoms with Gasteiger partial charge in [-0.3, -0.25) is 0 Å². The molecule has 0 unspecified atom stereocenters. The molecule has 20 heavy (non-hydrogen) atoms. The van der Waals surface area contributed by atoms with Crippen molar-refractivity contribution in [3.05, 3.63) is 38.9 Å². The molecule has 4 nitrogen and oxygen atoms in total. The van der Waals surface area contributed by atoms with E-state index in [2.05, 4.69) is 25.9 Å². The number of hydrogen-bond donors (Lipinski definition) is 2. The summed E-state index contributed by atoms with van der Waals surface area (Å²) < 4.78 is 14.4. The average Bonchev–Trinajstić information content (AvgIpc) is 2.92. The molecule has 2 heterocycles. The molecule has 3 aromatic rings. The number of carboxylic acids is 1.